The minimum absolute atomic E-state index is 0.174. The van der Waals surface area contributed by atoms with Crippen LogP contribution in [0.15, 0.2) is 18.5 Å². The summed E-state index contributed by atoms with van der Waals surface area (Å²) in [7, 11) is 0. The zero-order valence-corrected chi connectivity index (χ0v) is 12.3. The molecule has 0 aliphatic carbocycles. The van der Waals surface area contributed by atoms with Crippen LogP contribution >= 0.6 is 11.8 Å². The molecule has 0 aromatic carbocycles. The van der Waals surface area contributed by atoms with E-state index >= 15 is 0 Å². The topological polar surface area (TPSA) is 34.2 Å². The van der Waals surface area contributed by atoms with E-state index in [-0.39, 0.29) is 5.60 Å². The number of pyridine rings is 1. The van der Waals surface area contributed by atoms with Gasteiger partial charge >= 0.3 is 0 Å². The van der Waals surface area contributed by atoms with Gasteiger partial charge in [0.25, 0.3) is 0 Å². The molecule has 2 aliphatic rings. The van der Waals surface area contributed by atoms with Crippen LogP contribution < -0.4 is 5.32 Å². The molecule has 1 spiro atoms. The molecule has 104 valence electrons. The number of ether oxygens (including phenoxy) is 1. The molecule has 0 saturated carbocycles. The maximum atomic E-state index is 6.06. The second kappa shape index (κ2) is 5.81. The van der Waals surface area contributed by atoms with Crippen molar-refractivity contribution in [1.82, 2.24) is 10.3 Å². The van der Waals surface area contributed by atoms with E-state index in [0.717, 1.165) is 19.6 Å². The molecule has 2 fully saturated rings. The molecule has 2 unspecified atom stereocenters. The van der Waals surface area contributed by atoms with Crippen molar-refractivity contribution < 1.29 is 4.74 Å². The van der Waals surface area contributed by atoms with E-state index in [1.165, 1.54) is 35.5 Å². The fourth-order valence-electron chi connectivity index (χ4n) is 3.02. The molecule has 1 aromatic heterocycles. The van der Waals surface area contributed by atoms with Crippen molar-refractivity contribution >= 4 is 11.8 Å². The minimum Gasteiger partial charge on any atom is -0.374 e. The molecule has 3 nitrogen and oxygen atoms in total. The van der Waals surface area contributed by atoms with Gasteiger partial charge in [0.1, 0.15) is 0 Å². The van der Waals surface area contributed by atoms with Crippen molar-refractivity contribution in [3.8, 4) is 0 Å². The molecule has 0 amide bonds. The Morgan fingerprint density at radius 1 is 1.58 bits per heavy atom. The Bertz CT molecular complexity index is 432. The van der Waals surface area contributed by atoms with E-state index in [4.69, 9.17) is 4.74 Å². The minimum atomic E-state index is 0.174. The largest absolute Gasteiger partial charge is 0.374 e. The van der Waals surface area contributed by atoms with Gasteiger partial charge in [-0.2, -0.15) is 11.8 Å². The normalized spacial score (nSPS) is 30.9. The second-order valence-corrected chi connectivity index (χ2v) is 6.81. The highest BCUT2D eigenvalue weighted by Crippen LogP contribution is 2.38. The van der Waals surface area contributed by atoms with Crippen molar-refractivity contribution in [2.45, 2.75) is 44.4 Å². The first-order valence-electron chi connectivity index (χ1n) is 7.12. The van der Waals surface area contributed by atoms with Gasteiger partial charge in [-0.25, -0.2) is 0 Å². The predicted molar refractivity (Wildman–Crippen MR) is 79.5 cm³/mol. The molecule has 0 radical (unpaired) electrons. The van der Waals surface area contributed by atoms with Gasteiger partial charge in [0.05, 0.1) is 5.60 Å². The molecule has 1 N–H and O–H groups in total. The van der Waals surface area contributed by atoms with Gasteiger partial charge in [-0.1, -0.05) is 0 Å². The van der Waals surface area contributed by atoms with Crippen LogP contribution in [0.5, 0.6) is 0 Å². The van der Waals surface area contributed by atoms with Crippen LogP contribution in [0.4, 0.5) is 0 Å². The van der Waals surface area contributed by atoms with Crippen LogP contribution in [0, 0.1) is 6.92 Å². The summed E-state index contributed by atoms with van der Waals surface area (Å²) < 4.78 is 6.06. The van der Waals surface area contributed by atoms with Crippen molar-refractivity contribution in [2.75, 3.05) is 18.1 Å². The SMILES string of the molecule is Cc1cnccc1CNC1CCOC2(CCSC2)C1. The molecule has 19 heavy (non-hydrogen) atoms. The van der Waals surface area contributed by atoms with Crippen molar-refractivity contribution in [3.63, 3.8) is 0 Å². The fourth-order valence-corrected chi connectivity index (χ4v) is 4.40. The lowest BCUT2D eigenvalue weighted by atomic mass is 9.90. The summed E-state index contributed by atoms with van der Waals surface area (Å²) in [5.41, 5.74) is 2.80. The number of aryl methyl sites for hydroxylation is 1. The number of hydrogen-bond acceptors (Lipinski definition) is 4. The van der Waals surface area contributed by atoms with Crippen molar-refractivity contribution in [3.05, 3.63) is 29.6 Å². The molecular formula is C15H22N2OS. The fraction of sp³-hybridized carbons (Fsp3) is 0.667. The lowest BCUT2D eigenvalue weighted by Crippen LogP contribution is -2.47. The Morgan fingerprint density at radius 2 is 2.53 bits per heavy atom. The second-order valence-electron chi connectivity index (χ2n) is 5.71. The van der Waals surface area contributed by atoms with E-state index in [0.29, 0.717) is 6.04 Å². The number of nitrogens with one attached hydrogen (secondary N) is 1. The van der Waals surface area contributed by atoms with Crippen LogP contribution in [0.1, 0.15) is 30.4 Å². The average Bonchev–Trinajstić information content (AvgIpc) is 2.86. The molecule has 1 aromatic rings. The van der Waals surface area contributed by atoms with Gasteiger partial charge in [-0.05, 0) is 49.1 Å². The molecule has 0 bridgehead atoms. The predicted octanol–water partition coefficient (Wildman–Crippen LogP) is 2.53. The van der Waals surface area contributed by atoms with E-state index in [2.05, 4.69) is 23.3 Å². The number of thioether (sulfide) groups is 1. The Balaban J connectivity index is 1.57. The van der Waals surface area contributed by atoms with E-state index in [1.807, 2.05) is 24.2 Å². The molecule has 2 aliphatic heterocycles. The van der Waals surface area contributed by atoms with Crippen LogP contribution in [0.3, 0.4) is 0 Å². The van der Waals surface area contributed by atoms with Crippen LogP contribution in [-0.4, -0.2) is 34.7 Å². The average molecular weight is 278 g/mol. The first-order valence-corrected chi connectivity index (χ1v) is 8.27. The molecular weight excluding hydrogens is 256 g/mol. The van der Waals surface area contributed by atoms with Gasteiger partial charge in [0.2, 0.25) is 0 Å². The summed E-state index contributed by atoms with van der Waals surface area (Å²) in [5.74, 6) is 2.44. The van der Waals surface area contributed by atoms with Crippen LogP contribution in [0.25, 0.3) is 0 Å². The standard InChI is InChI=1S/C15H22N2OS/c1-12-9-16-5-2-13(12)10-17-14-3-6-18-15(8-14)4-7-19-11-15/h2,5,9,14,17H,3-4,6-8,10-11H2,1H3. The van der Waals surface area contributed by atoms with Crippen LogP contribution in [0.2, 0.25) is 0 Å². The lowest BCUT2D eigenvalue weighted by Gasteiger charge is -2.38. The maximum absolute atomic E-state index is 6.06. The van der Waals surface area contributed by atoms with Gasteiger partial charge in [-0.15, -0.1) is 0 Å². The molecule has 2 saturated heterocycles. The third-order valence-electron chi connectivity index (χ3n) is 4.28. The highest BCUT2D eigenvalue weighted by Gasteiger charge is 2.40. The quantitative estimate of drug-likeness (QED) is 0.921. The smallest absolute Gasteiger partial charge is 0.0795 e. The summed E-state index contributed by atoms with van der Waals surface area (Å²) >= 11 is 2.04. The van der Waals surface area contributed by atoms with Gasteiger partial charge in [-0.3, -0.25) is 4.98 Å². The third kappa shape index (κ3) is 3.12. The van der Waals surface area contributed by atoms with E-state index < -0.39 is 0 Å². The van der Waals surface area contributed by atoms with Gasteiger partial charge in [0.15, 0.2) is 0 Å². The maximum Gasteiger partial charge on any atom is 0.0795 e. The monoisotopic (exact) mass is 278 g/mol. The Labute approximate surface area is 119 Å². The summed E-state index contributed by atoms with van der Waals surface area (Å²) in [6.45, 7) is 3.99. The molecule has 2 atom stereocenters. The summed E-state index contributed by atoms with van der Waals surface area (Å²) in [5, 5.41) is 3.71. The summed E-state index contributed by atoms with van der Waals surface area (Å²) in [4.78, 5) is 4.15. The molecule has 3 heterocycles. The third-order valence-corrected chi connectivity index (χ3v) is 5.50. The van der Waals surface area contributed by atoms with Crippen LogP contribution in [-0.2, 0) is 11.3 Å². The number of rotatable bonds is 3. The number of hydrogen-bond donors (Lipinski definition) is 1. The first kappa shape index (κ1) is 13.4. The first-order chi connectivity index (χ1) is 9.27. The number of aromatic nitrogens is 1. The lowest BCUT2D eigenvalue weighted by molar-refractivity contribution is -0.0703. The Morgan fingerprint density at radius 3 is 3.32 bits per heavy atom. The molecule has 3 rings (SSSR count). The van der Waals surface area contributed by atoms with Gasteiger partial charge in [0, 0.05) is 37.3 Å². The van der Waals surface area contributed by atoms with Crippen molar-refractivity contribution in [1.29, 1.82) is 0 Å². The highest BCUT2D eigenvalue weighted by molar-refractivity contribution is 7.99. The van der Waals surface area contributed by atoms with Crippen molar-refractivity contribution in [2.24, 2.45) is 0 Å². The van der Waals surface area contributed by atoms with E-state index in [1.54, 1.807) is 0 Å². The zero-order chi connectivity index (χ0) is 13.1. The number of nitrogens with zero attached hydrogens (tertiary/aromatic N) is 1. The summed E-state index contributed by atoms with van der Waals surface area (Å²) in [6, 6.07) is 2.71. The molecule has 4 heteroatoms. The Hall–Kier alpha value is -0.580. The highest BCUT2D eigenvalue weighted by atomic mass is 32.2. The Kier molecular flexibility index (Phi) is 4.10. The summed E-state index contributed by atoms with van der Waals surface area (Å²) in [6.07, 6.45) is 7.35. The zero-order valence-electron chi connectivity index (χ0n) is 11.5. The van der Waals surface area contributed by atoms with E-state index in [9.17, 15) is 0 Å². The van der Waals surface area contributed by atoms with Gasteiger partial charge < -0.3 is 10.1 Å².